The van der Waals surface area contributed by atoms with Crippen molar-refractivity contribution in [2.45, 2.75) is 13.3 Å². The van der Waals surface area contributed by atoms with Crippen LogP contribution in [0, 0.1) is 28.4 Å². The normalized spacial score (nSPS) is 9.90. The summed E-state index contributed by atoms with van der Waals surface area (Å²) in [6, 6.07) is 14.3. The average molecular weight is 281 g/mol. The summed E-state index contributed by atoms with van der Waals surface area (Å²) in [7, 11) is 0. The summed E-state index contributed by atoms with van der Waals surface area (Å²) in [5.41, 5.74) is 3.35. The fourth-order valence-electron chi connectivity index (χ4n) is 2.11. The molecule has 0 amide bonds. The van der Waals surface area contributed by atoms with Gasteiger partial charge in [-0.05, 0) is 31.0 Å². The summed E-state index contributed by atoms with van der Waals surface area (Å²) in [5, 5.41) is 23.1. The Morgan fingerprint density at radius 3 is 2.76 bits per heavy atom. The number of anilines is 1. The van der Waals surface area contributed by atoms with E-state index >= 15 is 0 Å². The minimum Gasteiger partial charge on any atom is -0.384 e. The van der Waals surface area contributed by atoms with E-state index in [4.69, 9.17) is 5.26 Å². The van der Waals surface area contributed by atoms with E-state index in [2.05, 4.69) is 11.4 Å². The van der Waals surface area contributed by atoms with Crippen LogP contribution in [0.4, 0.5) is 11.4 Å². The first-order valence-corrected chi connectivity index (χ1v) is 6.58. The highest BCUT2D eigenvalue weighted by molar-refractivity contribution is 5.55. The van der Waals surface area contributed by atoms with E-state index in [9.17, 15) is 10.1 Å². The quantitative estimate of drug-likeness (QED) is 0.672. The van der Waals surface area contributed by atoms with E-state index in [1.807, 2.05) is 13.0 Å². The Morgan fingerprint density at radius 1 is 1.29 bits per heavy atom. The Bertz CT molecular complexity index is 705. The number of hydrogen-bond donors (Lipinski definition) is 1. The molecule has 5 nitrogen and oxygen atoms in total. The van der Waals surface area contributed by atoms with E-state index in [-0.39, 0.29) is 10.6 Å². The lowest BCUT2D eigenvalue weighted by Gasteiger charge is -2.10. The van der Waals surface area contributed by atoms with Gasteiger partial charge >= 0.3 is 0 Å². The zero-order chi connectivity index (χ0) is 15.2. The molecule has 0 spiro atoms. The van der Waals surface area contributed by atoms with Crippen molar-refractivity contribution in [1.29, 1.82) is 5.26 Å². The first-order chi connectivity index (χ1) is 10.1. The summed E-state index contributed by atoms with van der Waals surface area (Å²) < 4.78 is 0. The second-order valence-corrected chi connectivity index (χ2v) is 4.70. The molecular formula is C16H15N3O2. The van der Waals surface area contributed by atoms with Crippen molar-refractivity contribution >= 4 is 11.4 Å². The molecule has 0 aliphatic rings. The van der Waals surface area contributed by atoms with Crippen LogP contribution in [0.25, 0.3) is 0 Å². The predicted octanol–water partition coefficient (Wildman–Crippen LogP) is 3.43. The smallest absolute Gasteiger partial charge is 0.272 e. The van der Waals surface area contributed by atoms with Gasteiger partial charge in [-0.3, -0.25) is 10.1 Å². The van der Waals surface area contributed by atoms with E-state index in [1.165, 1.54) is 6.07 Å². The fourth-order valence-corrected chi connectivity index (χ4v) is 2.11. The van der Waals surface area contributed by atoms with Gasteiger partial charge in [0, 0.05) is 23.9 Å². The first-order valence-electron chi connectivity index (χ1n) is 6.58. The van der Waals surface area contributed by atoms with Gasteiger partial charge in [0.05, 0.1) is 16.6 Å². The topological polar surface area (TPSA) is 79.0 Å². The maximum atomic E-state index is 10.9. The van der Waals surface area contributed by atoms with Crippen LogP contribution in [0.3, 0.4) is 0 Å². The van der Waals surface area contributed by atoms with Crippen molar-refractivity contribution in [2.24, 2.45) is 0 Å². The van der Waals surface area contributed by atoms with Gasteiger partial charge in [-0.15, -0.1) is 0 Å². The molecule has 1 N–H and O–H groups in total. The van der Waals surface area contributed by atoms with E-state index in [0.717, 1.165) is 11.3 Å². The van der Waals surface area contributed by atoms with Gasteiger partial charge in [-0.25, -0.2) is 0 Å². The number of aryl methyl sites for hydroxylation is 1. The number of nitro benzene ring substituents is 1. The van der Waals surface area contributed by atoms with Crippen molar-refractivity contribution in [1.82, 2.24) is 0 Å². The Labute approximate surface area is 123 Å². The third-order valence-electron chi connectivity index (χ3n) is 3.26. The van der Waals surface area contributed by atoms with Crippen LogP contribution in [-0.4, -0.2) is 11.5 Å². The summed E-state index contributed by atoms with van der Waals surface area (Å²) >= 11 is 0. The molecule has 0 fully saturated rings. The van der Waals surface area contributed by atoms with Crippen LogP contribution in [0.1, 0.15) is 16.7 Å². The monoisotopic (exact) mass is 281 g/mol. The molecule has 0 aromatic heterocycles. The number of nitrogens with one attached hydrogen (secondary N) is 1. The van der Waals surface area contributed by atoms with Gasteiger partial charge in [0.2, 0.25) is 0 Å². The largest absolute Gasteiger partial charge is 0.384 e. The first kappa shape index (κ1) is 14.5. The number of hydrogen-bond acceptors (Lipinski definition) is 4. The maximum Gasteiger partial charge on any atom is 0.272 e. The minimum absolute atomic E-state index is 0.141. The molecule has 0 unspecified atom stereocenters. The lowest BCUT2D eigenvalue weighted by Crippen LogP contribution is -2.07. The van der Waals surface area contributed by atoms with E-state index in [1.54, 1.807) is 30.3 Å². The molecule has 0 aliphatic heterocycles. The number of benzene rings is 2. The van der Waals surface area contributed by atoms with Gasteiger partial charge in [0.25, 0.3) is 5.69 Å². The minimum atomic E-state index is -0.364. The van der Waals surface area contributed by atoms with Crippen molar-refractivity contribution in [2.75, 3.05) is 11.9 Å². The second-order valence-electron chi connectivity index (χ2n) is 4.70. The lowest BCUT2D eigenvalue weighted by atomic mass is 10.1. The predicted molar refractivity (Wildman–Crippen MR) is 81.2 cm³/mol. The van der Waals surface area contributed by atoms with Crippen molar-refractivity contribution < 1.29 is 4.92 Å². The molecule has 0 radical (unpaired) electrons. The summed E-state index contributed by atoms with van der Waals surface area (Å²) in [5.74, 6) is 0. The van der Waals surface area contributed by atoms with Crippen LogP contribution < -0.4 is 5.32 Å². The third kappa shape index (κ3) is 3.57. The lowest BCUT2D eigenvalue weighted by molar-refractivity contribution is -0.385. The fraction of sp³-hybridized carbons (Fsp3) is 0.188. The van der Waals surface area contributed by atoms with Crippen molar-refractivity contribution in [3.63, 3.8) is 0 Å². The molecule has 106 valence electrons. The molecule has 2 rings (SSSR count). The second kappa shape index (κ2) is 6.53. The Balaban J connectivity index is 2.06. The summed E-state index contributed by atoms with van der Waals surface area (Å²) in [4.78, 5) is 10.6. The highest BCUT2D eigenvalue weighted by atomic mass is 16.6. The Hall–Kier alpha value is -2.87. The SMILES string of the molecule is Cc1ccc(C#N)cc1NCCc1ccccc1[N+](=O)[O-]. The number of nitro groups is 1. The molecule has 2 aromatic carbocycles. The molecule has 2 aromatic rings. The Morgan fingerprint density at radius 2 is 2.05 bits per heavy atom. The molecule has 0 saturated carbocycles. The van der Waals surface area contributed by atoms with Crippen LogP contribution in [0.5, 0.6) is 0 Å². The molecule has 5 heteroatoms. The van der Waals surface area contributed by atoms with Crippen LogP contribution in [-0.2, 0) is 6.42 Å². The van der Waals surface area contributed by atoms with Gasteiger partial charge in [-0.2, -0.15) is 5.26 Å². The van der Waals surface area contributed by atoms with E-state index in [0.29, 0.717) is 24.1 Å². The molecular weight excluding hydrogens is 266 g/mol. The zero-order valence-electron chi connectivity index (χ0n) is 11.7. The van der Waals surface area contributed by atoms with Crippen LogP contribution in [0.2, 0.25) is 0 Å². The number of nitrogens with zero attached hydrogens (tertiary/aromatic N) is 2. The third-order valence-corrected chi connectivity index (χ3v) is 3.26. The van der Waals surface area contributed by atoms with Crippen molar-refractivity contribution in [3.8, 4) is 6.07 Å². The zero-order valence-corrected chi connectivity index (χ0v) is 11.7. The number of para-hydroxylation sites is 1. The summed E-state index contributed by atoms with van der Waals surface area (Å²) in [6.45, 7) is 2.52. The van der Waals surface area contributed by atoms with Crippen molar-refractivity contribution in [3.05, 3.63) is 69.3 Å². The summed E-state index contributed by atoms with van der Waals surface area (Å²) in [6.07, 6.45) is 0.549. The molecule has 0 heterocycles. The van der Waals surface area contributed by atoms with Crippen LogP contribution in [0.15, 0.2) is 42.5 Å². The van der Waals surface area contributed by atoms with Gasteiger partial charge < -0.3 is 5.32 Å². The molecule has 21 heavy (non-hydrogen) atoms. The molecule has 0 aliphatic carbocycles. The highest BCUT2D eigenvalue weighted by Crippen LogP contribution is 2.20. The molecule has 0 saturated heterocycles. The van der Waals surface area contributed by atoms with E-state index < -0.39 is 0 Å². The number of rotatable bonds is 5. The van der Waals surface area contributed by atoms with Gasteiger partial charge in [0.15, 0.2) is 0 Å². The highest BCUT2D eigenvalue weighted by Gasteiger charge is 2.11. The standard InChI is InChI=1S/C16H15N3O2/c1-12-6-7-13(11-17)10-15(12)18-9-8-14-4-2-3-5-16(14)19(20)21/h2-7,10,18H,8-9H2,1H3. The Kier molecular flexibility index (Phi) is 4.52. The maximum absolute atomic E-state index is 10.9. The molecule has 0 atom stereocenters. The van der Waals surface area contributed by atoms with Gasteiger partial charge in [-0.1, -0.05) is 24.3 Å². The molecule has 0 bridgehead atoms. The van der Waals surface area contributed by atoms with Gasteiger partial charge in [0.1, 0.15) is 0 Å². The average Bonchev–Trinajstić information content (AvgIpc) is 2.49. The number of nitriles is 1. The van der Waals surface area contributed by atoms with Crippen LogP contribution >= 0.6 is 0 Å².